The third-order valence-corrected chi connectivity index (χ3v) is 5.68. The number of rotatable bonds is 4. The maximum absolute atomic E-state index is 12.2. The summed E-state index contributed by atoms with van der Waals surface area (Å²) in [4.78, 5) is 0.189. The maximum Gasteiger partial charge on any atom is 0.241 e. The van der Waals surface area contributed by atoms with Crippen molar-refractivity contribution in [2.45, 2.75) is 37.3 Å². The molecule has 18 heavy (non-hydrogen) atoms. The Bertz CT molecular complexity index is 538. The lowest BCUT2D eigenvalue weighted by Crippen LogP contribution is -2.43. The first-order valence-electron chi connectivity index (χ1n) is 5.84. The van der Waals surface area contributed by atoms with Crippen LogP contribution in [0.15, 0.2) is 27.6 Å². The Hall–Kier alpha value is -0.430. The molecule has 0 unspecified atom stereocenters. The van der Waals surface area contributed by atoms with Crippen LogP contribution in [-0.4, -0.2) is 19.6 Å². The van der Waals surface area contributed by atoms with Crippen LogP contribution in [0, 0.1) is 5.92 Å². The minimum absolute atomic E-state index is 0.0367. The molecule has 1 aliphatic carbocycles. The fourth-order valence-electron chi connectivity index (χ4n) is 2.13. The van der Waals surface area contributed by atoms with E-state index in [1.54, 1.807) is 12.1 Å². The van der Waals surface area contributed by atoms with Crippen LogP contribution in [0.25, 0.3) is 0 Å². The Labute approximate surface area is 116 Å². The molecule has 100 valence electrons. The molecule has 0 atom stereocenters. The normalized spacial score (nSPS) is 23.7. The summed E-state index contributed by atoms with van der Waals surface area (Å²) < 4.78 is 27.6. The van der Waals surface area contributed by atoms with Gasteiger partial charge in [0.2, 0.25) is 10.0 Å². The zero-order chi connectivity index (χ0) is 13.3. The Morgan fingerprint density at radius 2 is 2.11 bits per heavy atom. The Kier molecular flexibility index (Phi) is 4.11. The molecular formula is C12H16BrNO3S. The van der Waals surface area contributed by atoms with Crippen LogP contribution in [0.4, 0.5) is 0 Å². The van der Waals surface area contributed by atoms with Crippen LogP contribution in [0.3, 0.4) is 0 Å². The Balaban J connectivity index is 2.23. The summed E-state index contributed by atoms with van der Waals surface area (Å²) in [7, 11) is -3.52. The van der Waals surface area contributed by atoms with Crippen molar-refractivity contribution in [3.05, 3.63) is 28.2 Å². The molecule has 0 spiro atoms. The van der Waals surface area contributed by atoms with E-state index >= 15 is 0 Å². The summed E-state index contributed by atoms with van der Waals surface area (Å²) in [6.07, 6.45) is 1.77. The molecule has 1 saturated carbocycles. The molecule has 1 aliphatic rings. The van der Waals surface area contributed by atoms with Crippen LogP contribution in [0.5, 0.6) is 0 Å². The van der Waals surface area contributed by atoms with Crippen molar-refractivity contribution in [1.29, 1.82) is 0 Å². The number of hydrogen-bond donors (Lipinski definition) is 2. The Morgan fingerprint density at radius 1 is 1.44 bits per heavy atom. The van der Waals surface area contributed by atoms with Gasteiger partial charge < -0.3 is 5.11 Å². The molecule has 2 N–H and O–H groups in total. The third kappa shape index (κ3) is 2.93. The van der Waals surface area contributed by atoms with E-state index in [4.69, 9.17) is 5.11 Å². The second-order valence-electron chi connectivity index (χ2n) is 4.82. The van der Waals surface area contributed by atoms with Gasteiger partial charge in [-0.05, 0) is 52.4 Å². The third-order valence-electron chi connectivity index (χ3n) is 3.16. The number of aliphatic hydroxyl groups is 1. The second-order valence-corrected chi connectivity index (χ2v) is 7.35. The highest BCUT2D eigenvalue weighted by atomic mass is 79.9. The number of halogens is 1. The van der Waals surface area contributed by atoms with Crippen molar-refractivity contribution < 1.29 is 13.5 Å². The number of hydrogen-bond acceptors (Lipinski definition) is 3. The zero-order valence-electron chi connectivity index (χ0n) is 10.1. The number of sulfonamides is 1. The van der Waals surface area contributed by atoms with Gasteiger partial charge in [0.05, 0.1) is 11.5 Å². The van der Waals surface area contributed by atoms with Crippen molar-refractivity contribution in [1.82, 2.24) is 4.72 Å². The summed E-state index contributed by atoms with van der Waals surface area (Å²) in [5, 5.41) is 9.06. The zero-order valence-corrected chi connectivity index (χ0v) is 12.5. The van der Waals surface area contributed by atoms with E-state index in [-0.39, 0.29) is 17.5 Å². The van der Waals surface area contributed by atoms with Crippen molar-refractivity contribution in [2.24, 2.45) is 5.92 Å². The molecular weight excluding hydrogens is 318 g/mol. The van der Waals surface area contributed by atoms with Crippen LogP contribution in [0.2, 0.25) is 0 Å². The molecule has 4 nitrogen and oxygen atoms in total. The topological polar surface area (TPSA) is 66.4 Å². The van der Waals surface area contributed by atoms with E-state index < -0.39 is 10.0 Å². The standard InChI is InChI=1S/C12H16BrNO3S/c1-8-4-10(5-8)14-18(16,17)12-6-9(7-15)2-3-11(12)13/h2-3,6,8,10,14-15H,4-5,7H2,1H3. The van der Waals surface area contributed by atoms with Gasteiger partial charge in [-0.3, -0.25) is 0 Å². The van der Waals surface area contributed by atoms with Crippen molar-refractivity contribution >= 4 is 26.0 Å². The molecule has 0 amide bonds. The maximum atomic E-state index is 12.2. The SMILES string of the molecule is CC1CC(NS(=O)(=O)c2cc(CO)ccc2Br)C1. The first-order valence-corrected chi connectivity index (χ1v) is 8.11. The molecule has 0 bridgehead atoms. The molecule has 1 aromatic carbocycles. The van der Waals surface area contributed by atoms with E-state index in [9.17, 15) is 8.42 Å². The summed E-state index contributed by atoms with van der Waals surface area (Å²) in [6, 6.07) is 4.86. The summed E-state index contributed by atoms with van der Waals surface area (Å²) >= 11 is 3.24. The highest BCUT2D eigenvalue weighted by Crippen LogP contribution is 2.29. The molecule has 1 aromatic rings. The molecule has 6 heteroatoms. The number of benzene rings is 1. The summed E-state index contributed by atoms with van der Waals surface area (Å²) in [5.74, 6) is 0.588. The van der Waals surface area contributed by atoms with E-state index in [1.165, 1.54) is 6.07 Å². The average Bonchev–Trinajstić information content (AvgIpc) is 2.27. The van der Waals surface area contributed by atoms with Gasteiger partial charge in [-0.2, -0.15) is 0 Å². The molecule has 0 radical (unpaired) electrons. The Morgan fingerprint density at radius 3 is 2.67 bits per heavy atom. The number of nitrogens with one attached hydrogen (secondary N) is 1. The van der Waals surface area contributed by atoms with Gasteiger partial charge >= 0.3 is 0 Å². The van der Waals surface area contributed by atoms with Gasteiger partial charge in [0.15, 0.2) is 0 Å². The van der Waals surface area contributed by atoms with Gasteiger partial charge in [0.1, 0.15) is 0 Å². The molecule has 2 rings (SSSR count). The average molecular weight is 334 g/mol. The van der Waals surface area contributed by atoms with Gasteiger partial charge in [-0.1, -0.05) is 13.0 Å². The van der Waals surface area contributed by atoms with Gasteiger partial charge in [-0.15, -0.1) is 0 Å². The van der Waals surface area contributed by atoms with E-state index in [0.29, 0.717) is 16.0 Å². The molecule has 0 saturated heterocycles. The lowest BCUT2D eigenvalue weighted by atomic mass is 9.83. The summed E-state index contributed by atoms with van der Waals surface area (Å²) in [5.41, 5.74) is 0.584. The lowest BCUT2D eigenvalue weighted by molar-refractivity contribution is 0.270. The largest absolute Gasteiger partial charge is 0.392 e. The van der Waals surface area contributed by atoms with Crippen LogP contribution in [-0.2, 0) is 16.6 Å². The fraction of sp³-hybridized carbons (Fsp3) is 0.500. The van der Waals surface area contributed by atoms with E-state index in [1.807, 2.05) is 0 Å². The predicted molar refractivity (Wildman–Crippen MR) is 72.6 cm³/mol. The van der Waals surface area contributed by atoms with Gasteiger partial charge in [0.25, 0.3) is 0 Å². The molecule has 0 heterocycles. The molecule has 0 aromatic heterocycles. The van der Waals surface area contributed by atoms with Gasteiger partial charge in [-0.25, -0.2) is 13.1 Å². The minimum Gasteiger partial charge on any atom is -0.392 e. The molecule has 0 aliphatic heterocycles. The smallest absolute Gasteiger partial charge is 0.241 e. The fourth-order valence-corrected chi connectivity index (χ4v) is 4.41. The highest BCUT2D eigenvalue weighted by molar-refractivity contribution is 9.10. The van der Waals surface area contributed by atoms with Crippen molar-refractivity contribution in [3.8, 4) is 0 Å². The van der Waals surface area contributed by atoms with Gasteiger partial charge in [0, 0.05) is 10.5 Å². The lowest BCUT2D eigenvalue weighted by Gasteiger charge is -2.33. The van der Waals surface area contributed by atoms with Crippen molar-refractivity contribution in [2.75, 3.05) is 0 Å². The minimum atomic E-state index is -3.52. The second kappa shape index (κ2) is 5.28. The van der Waals surface area contributed by atoms with E-state index in [2.05, 4.69) is 27.6 Å². The van der Waals surface area contributed by atoms with Crippen LogP contribution < -0.4 is 4.72 Å². The quantitative estimate of drug-likeness (QED) is 0.885. The van der Waals surface area contributed by atoms with Crippen LogP contribution >= 0.6 is 15.9 Å². The monoisotopic (exact) mass is 333 g/mol. The number of aliphatic hydroxyl groups excluding tert-OH is 1. The first-order chi connectivity index (χ1) is 8.42. The first kappa shape index (κ1) is 14.0. The highest BCUT2D eigenvalue weighted by Gasteiger charge is 2.30. The van der Waals surface area contributed by atoms with E-state index in [0.717, 1.165) is 12.8 Å². The predicted octanol–water partition coefficient (Wildman–Crippen LogP) is 2.02. The summed E-state index contributed by atoms with van der Waals surface area (Å²) in [6.45, 7) is 1.93. The van der Waals surface area contributed by atoms with Crippen molar-refractivity contribution in [3.63, 3.8) is 0 Å². The van der Waals surface area contributed by atoms with Crippen LogP contribution in [0.1, 0.15) is 25.3 Å². The molecule has 1 fully saturated rings.